The van der Waals surface area contributed by atoms with Crippen molar-refractivity contribution in [3.05, 3.63) is 36.9 Å². The molecule has 0 saturated carbocycles. The number of benzene rings is 1. The molecule has 1 amide bonds. The zero-order valence-corrected chi connectivity index (χ0v) is 10.5. The first-order valence-electron chi connectivity index (χ1n) is 5.71. The maximum atomic E-state index is 11.8. The molecule has 1 atom stereocenters. The molecule has 2 aromatic rings. The molecule has 2 heterocycles. The van der Waals surface area contributed by atoms with Crippen LogP contribution in [0, 0.1) is 0 Å². The van der Waals surface area contributed by atoms with Crippen LogP contribution < -0.4 is 4.90 Å². The fourth-order valence-corrected chi connectivity index (χ4v) is 2.44. The minimum atomic E-state index is 0.115. The third kappa shape index (κ3) is 2.01. The lowest BCUT2D eigenvalue weighted by molar-refractivity contribution is -0.117. The van der Waals surface area contributed by atoms with E-state index in [1.54, 1.807) is 11.1 Å². The van der Waals surface area contributed by atoms with Crippen LogP contribution in [0.3, 0.4) is 0 Å². The van der Waals surface area contributed by atoms with Crippen molar-refractivity contribution in [2.75, 3.05) is 11.4 Å². The molecule has 1 aliphatic heterocycles. The summed E-state index contributed by atoms with van der Waals surface area (Å²) in [6.45, 7) is 0.655. The molecule has 0 bridgehead atoms. The summed E-state index contributed by atoms with van der Waals surface area (Å²) in [4.78, 5) is 17.5. The van der Waals surface area contributed by atoms with Crippen molar-refractivity contribution in [2.45, 2.75) is 11.7 Å². The van der Waals surface area contributed by atoms with Crippen molar-refractivity contribution < 1.29 is 9.21 Å². The van der Waals surface area contributed by atoms with Gasteiger partial charge >= 0.3 is 0 Å². The minimum absolute atomic E-state index is 0.115. The van der Waals surface area contributed by atoms with Crippen LogP contribution in [0.2, 0.25) is 0 Å². The third-order valence-electron chi connectivity index (χ3n) is 2.98. The average molecular weight is 260 g/mol. The van der Waals surface area contributed by atoms with Gasteiger partial charge in [-0.3, -0.25) is 4.79 Å². The number of anilines is 1. The first kappa shape index (κ1) is 11.3. The number of hydrogen-bond donors (Lipinski definition) is 1. The van der Waals surface area contributed by atoms with Crippen LogP contribution in [-0.2, 0) is 4.79 Å². The Morgan fingerprint density at radius 1 is 1.44 bits per heavy atom. The predicted molar refractivity (Wildman–Crippen MR) is 71.7 cm³/mol. The third-order valence-corrected chi connectivity index (χ3v) is 3.33. The second kappa shape index (κ2) is 4.49. The second-order valence-electron chi connectivity index (χ2n) is 4.28. The smallest absolute Gasteiger partial charge is 0.228 e. The van der Waals surface area contributed by atoms with Gasteiger partial charge in [0.15, 0.2) is 12.2 Å². The number of oxazole rings is 1. The number of rotatable bonds is 2. The fraction of sp³-hybridized carbons (Fsp3) is 0.231. The molecule has 4 nitrogen and oxygen atoms in total. The highest BCUT2D eigenvalue weighted by atomic mass is 32.1. The van der Waals surface area contributed by atoms with Gasteiger partial charge in [-0.1, -0.05) is 12.1 Å². The van der Waals surface area contributed by atoms with Crippen molar-refractivity contribution in [1.82, 2.24) is 4.98 Å². The van der Waals surface area contributed by atoms with Gasteiger partial charge in [-0.05, 0) is 12.1 Å². The SMILES string of the molecule is O=C1CC(S)CN1c1cccc(-c2cnco2)c1. The maximum Gasteiger partial charge on any atom is 0.228 e. The van der Waals surface area contributed by atoms with Crippen LogP contribution in [-0.4, -0.2) is 22.7 Å². The summed E-state index contributed by atoms with van der Waals surface area (Å²) in [7, 11) is 0. The molecular weight excluding hydrogens is 248 g/mol. The topological polar surface area (TPSA) is 46.3 Å². The lowest BCUT2D eigenvalue weighted by Gasteiger charge is -2.16. The summed E-state index contributed by atoms with van der Waals surface area (Å²) < 4.78 is 5.26. The van der Waals surface area contributed by atoms with Gasteiger partial charge in [0.2, 0.25) is 5.91 Å². The fourth-order valence-electron chi connectivity index (χ4n) is 2.12. The van der Waals surface area contributed by atoms with Gasteiger partial charge in [0.25, 0.3) is 0 Å². The Kier molecular flexibility index (Phi) is 2.83. The largest absolute Gasteiger partial charge is 0.444 e. The van der Waals surface area contributed by atoms with Crippen molar-refractivity contribution in [1.29, 1.82) is 0 Å². The van der Waals surface area contributed by atoms with Gasteiger partial charge in [-0.2, -0.15) is 12.6 Å². The van der Waals surface area contributed by atoms with E-state index in [1.165, 1.54) is 6.39 Å². The van der Waals surface area contributed by atoms with E-state index in [2.05, 4.69) is 17.6 Å². The van der Waals surface area contributed by atoms with E-state index in [4.69, 9.17) is 4.42 Å². The van der Waals surface area contributed by atoms with Crippen molar-refractivity contribution >= 4 is 24.2 Å². The minimum Gasteiger partial charge on any atom is -0.444 e. The number of hydrogen-bond acceptors (Lipinski definition) is 4. The molecule has 5 heteroatoms. The van der Waals surface area contributed by atoms with E-state index < -0.39 is 0 Å². The monoisotopic (exact) mass is 260 g/mol. The normalized spacial score (nSPS) is 19.5. The highest BCUT2D eigenvalue weighted by Crippen LogP contribution is 2.28. The van der Waals surface area contributed by atoms with Crippen LogP contribution in [0.1, 0.15) is 6.42 Å². The molecule has 1 aromatic carbocycles. The second-order valence-corrected chi connectivity index (χ2v) is 5.01. The molecule has 1 aromatic heterocycles. The Morgan fingerprint density at radius 3 is 3.00 bits per heavy atom. The van der Waals surface area contributed by atoms with E-state index in [1.807, 2.05) is 24.3 Å². The van der Waals surface area contributed by atoms with E-state index in [0.29, 0.717) is 18.7 Å². The van der Waals surface area contributed by atoms with Gasteiger partial charge in [0.1, 0.15) is 0 Å². The summed E-state index contributed by atoms with van der Waals surface area (Å²) in [6.07, 6.45) is 3.55. The summed E-state index contributed by atoms with van der Waals surface area (Å²) in [5.74, 6) is 0.815. The van der Waals surface area contributed by atoms with Crippen LogP contribution in [0.5, 0.6) is 0 Å². The number of carbonyl (C=O) groups excluding carboxylic acids is 1. The predicted octanol–water partition coefficient (Wildman–Crippen LogP) is 2.38. The molecule has 0 radical (unpaired) electrons. The first-order valence-corrected chi connectivity index (χ1v) is 6.23. The highest BCUT2D eigenvalue weighted by molar-refractivity contribution is 7.81. The van der Waals surface area contributed by atoms with Gasteiger partial charge in [-0.25, -0.2) is 4.98 Å². The Morgan fingerprint density at radius 2 is 2.33 bits per heavy atom. The Balaban J connectivity index is 1.94. The Hall–Kier alpha value is -1.75. The highest BCUT2D eigenvalue weighted by Gasteiger charge is 2.28. The van der Waals surface area contributed by atoms with E-state index >= 15 is 0 Å². The maximum absolute atomic E-state index is 11.8. The molecule has 92 valence electrons. The van der Waals surface area contributed by atoms with E-state index in [-0.39, 0.29) is 11.2 Å². The molecule has 1 fully saturated rings. The molecule has 0 spiro atoms. The number of carbonyl (C=O) groups is 1. The molecule has 0 aliphatic carbocycles. The molecule has 3 rings (SSSR count). The zero-order valence-electron chi connectivity index (χ0n) is 9.61. The Labute approximate surface area is 110 Å². The van der Waals surface area contributed by atoms with Crippen molar-refractivity contribution in [3.8, 4) is 11.3 Å². The summed E-state index contributed by atoms with van der Waals surface area (Å²) in [5, 5.41) is 0.117. The first-order chi connectivity index (χ1) is 8.74. The van der Waals surface area contributed by atoms with E-state index in [9.17, 15) is 4.79 Å². The quantitative estimate of drug-likeness (QED) is 0.843. The molecule has 1 saturated heterocycles. The van der Waals surface area contributed by atoms with Crippen LogP contribution in [0.15, 0.2) is 41.3 Å². The standard InChI is InChI=1S/C13H12N2O2S/c16-13-5-11(18)7-15(13)10-3-1-2-9(4-10)12-6-14-8-17-12/h1-4,6,8,11,18H,5,7H2. The molecule has 1 aliphatic rings. The molecule has 18 heavy (non-hydrogen) atoms. The summed E-state index contributed by atoms with van der Waals surface area (Å²) in [6, 6.07) is 7.70. The lowest BCUT2D eigenvalue weighted by Crippen LogP contribution is -2.24. The summed E-state index contributed by atoms with van der Waals surface area (Å²) >= 11 is 4.36. The van der Waals surface area contributed by atoms with Gasteiger partial charge in [0, 0.05) is 29.5 Å². The van der Waals surface area contributed by atoms with E-state index in [0.717, 1.165) is 11.3 Å². The van der Waals surface area contributed by atoms with Gasteiger partial charge in [0.05, 0.1) is 6.20 Å². The number of nitrogens with zero attached hydrogens (tertiary/aromatic N) is 2. The van der Waals surface area contributed by atoms with Gasteiger partial charge < -0.3 is 9.32 Å². The molecule has 0 N–H and O–H groups in total. The van der Waals surface area contributed by atoms with Gasteiger partial charge in [-0.15, -0.1) is 0 Å². The lowest BCUT2D eigenvalue weighted by atomic mass is 10.1. The van der Waals surface area contributed by atoms with Crippen molar-refractivity contribution in [3.63, 3.8) is 0 Å². The van der Waals surface area contributed by atoms with Crippen molar-refractivity contribution in [2.24, 2.45) is 0 Å². The zero-order chi connectivity index (χ0) is 12.5. The molecular formula is C13H12N2O2S. The van der Waals surface area contributed by atoms with Crippen LogP contribution in [0.4, 0.5) is 5.69 Å². The van der Waals surface area contributed by atoms with Crippen LogP contribution >= 0.6 is 12.6 Å². The summed E-state index contributed by atoms with van der Waals surface area (Å²) in [5.41, 5.74) is 1.80. The molecule has 1 unspecified atom stereocenters. The van der Waals surface area contributed by atoms with Crippen LogP contribution in [0.25, 0.3) is 11.3 Å². The average Bonchev–Trinajstić information content (AvgIpc) is 2.99. The number of aromatic nitrogens is 1. The Bertz CT molecular complexity index is 568. The number of amides is 1. The number of thiol groups is 1.